The van der Waals surface area contributed by atoms with Gasteiger partial charge in [0.25, 0.3) is 10.0 Å². The number of methoxy groups -OCH3 is 1. The molecule has 0 saturated carbocycles. The molecule has 0 spiro atoms. The fraction of sp³-hybridized carbons (Fsp3) is 0.394. The maximum absolute atomic E-state index is 14.3. The number of rotatable bonds is 14. The van der Waals surface area contributed by atoms with Crippen molar-refractivity contribution in [3.63, 3.8) is 0 Å². The van der Waals surface area contributed by atoms with Crippen molar-refractivity contribution in [3.8, 4) is 5.75 Å². The molecule has 0 aliphatic carbocycles. The van der Waals surface area contributed by atoms with Crippen LogP contribution in [0.15, 0.2) is 71.6 Å². The predicted octanol–water partition coefficient (Wildman–Crippen LogP) is 5.54. The molecule has 0 unspecified atom stereocenters. The van der Waals surface area contributed by atoms with E-state index in [4.69, 9.17) is 4.74 Å². The van der Waals surface area contributed by atoms with Crippen molar-refractivity contribution in [2.45, 2.75) is 71.4 Å². The van der Waals surface area contributed by atoms with Crippen LogP contribution in [0.3, 0.4) is 0 Å². The second kappa shape index (κ2) is 14.9. The smallest absolute Gasteiger partial charge is 0.264 e. The Balaban J connectivity index is 2.09. The number of hydrogen-bond acceptors (Lipinski definition) is 5. The van der Waals surface area contributed by atoms with Gasteiger partial charge in [0.1, 0.15) is 18.3 Å². The lowest BCUT2D eigenvalue weighted by Gasteiger charge is -2.33. The zero-order valence-electron chi connectivity index (χ0n) is 25.5. The van der Waals surface area contributed by atoms with E-state index in [2.05, 4.69) is 5.32 Å². The zero-order valence-corrected chi connectivity index (χ0v) is 26.3. The number of nitrogens with zero attached hydrogens (tertiary/aromatic N) is 2. The van der Waals surface area contributed by atoms with Crippen LogP contribution >= 0.6 is 0 Å². The molecule has 0 saturated heterocycles. The minimum Gasteiger partial charge on any atom is -0.497 e. The molecule has 0 aliphatic heterocycles. The Hall–Kier alpha value is -3.85. The van der Waals surface area contributed by atoms with Crippen LogP contribution < -0.4 is 14.4 Å². The number of hydrogen-bond donors (Lipinski definition) is 1. The van der Waals surface area contributed by atoms with E-state index in [0.29, 0.717) is 24.4 Å². The number of benzene rings is 3. The van der Waals surface area contributed by atoms with E-state index in [0.717, 1.165) is 35.1 Å². The third-order valence-corrected chi connectivity index (χ3v) is 9.21. The predicted molar refractivity (Wildman–Crippen MR) is 167 cm³/mol. The SMILES string of the molecule is CCCCNC(=O)[C@@H](CC)N(Cc1cccc(OC)c1)C(=O)CN(c1cccc(C)c1C)S(=O)(=O)c1ccc(C)cc1. The Morgan fingerprint density at radius 3 is 2.29 bits per heavy atom. The number of unbranched alkanes of at least 4 members (excludes halogenated alkanes) is 1. The number of anilines is 1. The summed E-state index contributed by atoms with van der Waals surface area (Å²) in [5, 5.41) is 2.95. The minimum atomic E-state index is -4.13. The second-order valence-electron chi connectivity index (χ2n) is 10.5. The summed E-state index contributed by atoms with van der Waals surface area (Å²) in [7, 11) is -2.56. The third-order valence-electron chi connectivity index (χ3n) is 7.44. The second-order valence-corrected chi connectivity index (χ2v) is 12.3. The summed E-state index contributed by atoms with van der Waals surface area (Å²) in [6.45, 7) is 9.67. The van der Waals surface area contributed by atoms with Gasteiger partial charge in [0.2, 0.25) is 11.8 Å². The highest BCUT2D eigenvalue weighted by Crippen LogP contribution is 2.29. The molecule has 8 nitrogen and oxygen atoms in total. The van der Waals surface area contributed by atoms with Gasteiger partial charge >= 0.3 is 0 Å². The normalized spacial score (nSPS) is 12.0. The topological polar surface area (TPSA) is 96.0 Å². The molecule has 0 fully saturated rings. The first-order valence-corrected chi connectivity index (χ1v) is 15.8. The maximum atomic E-state index is 14.3. The molecule has 3 aromatic carbocycles. The summed E-state index contributed by atoms with van der Waals surface area (Å²) in [5.74, 6) is -0.118. The molecule has 226 valence electrons. The van der Waals surface area contributed by atoms with Crippen molar-refractivity contribution in [2.75, 3.05) is 24.5 Å². The maximum Gasteiger partial charge on any atom is 0.264 e. The van der Waals surface area contributed by atoms with E-state index in [1.165, 1.54) is 9.21 Å². The van der Waals surface area contributed by atoms with Crippen LogP contribution in [0.25, 0.3) is 0 Å². The number of carbonyl (C=O) groups is 2. The van der Waals surface area contributed by atoms with Gasteiger partial charge in [-0.25, -0.2) is 8.42 Å². The quantitative estimate of drug-likeness (QED) is 0.248. The van der Waals surface area contributed by atoms with Gasteiger partial charge in [0, 0.05) is 13.1 Å². The molecule has 3 rings (SSSR count). The van der Waals surface area contributed by atoms with Gasteiger partial charge in [0.15, 0.2) is 0 Å². The number of amides is 2. The number of aryl methyl sites for hydroxylation is 2. The summed E-state index contributed by atoms with van der Waals surface area (Å²) in [4.78, 5) is 29.2. The van der Waals surface area contributed by atoms with Gasteiger partial charge in [-0.15, -0.1) is 0 Å². The number of carbonyl (C=O) groups excluding carboxylic acids is 2. The van der Waals surface area contributed by atoms with Gasteiger partial charge in [-0.05, 0) is 80.6 Å². The van der Waals surface area contributed by atoms with E-state index < -0.39 is 28.5 Å². The number of ether oxygens (including phenoxy) is 1. The van der Waals surface area contributed by atoms with Crippen LogP contribution in [-0.2, 0) is 26.2 Å². The fourth-order valence-corrected chi connectivity index (χ4v) is 6.22. The standard InChI is InChI=1S/C33H43N3O5S/c1-7-9-20-34-33(38)30(8-2)35(22-27-13-11-14-28(21-27)41-6)32(37)23-36(31-15-10-12-25(4)26(31)5)42(39,40)29-18-16-24(3)17-19-29/h10-19,21,30H,7-9,20,22-23H2,1-6H3,(H,34,38)/t30-/m1/s1. The molecule has 42 heavy (non-hydrogen) atoms. The Morgan fingerprint density at radius 2 is 1.64 bits per heavy atom. The minimum absolute atomic E-state index is 0.0884. The molecule has 0 heterocycles. The van der Waals surface area contributed by atoms with Crippen molar-refractivity contribution in [1.82, 2.24) is 10.2 Å². The van der Waals surface area contributed by atoms with Crippen LogP contribution in [0.5, 0.6) is 5.75 Å². The van der Waals surface area contributed by atoms with Crippen LogP contribution in [0.2, 0.25) is 0 Å². The van der Waals surface area contributed by atoms with Gasteiger partial charge in [-0.3, -0.25) is 13.9 Å². The molecule has 0 aromatic heterocycles. The fourth-order valence-electron chi connectivity index (χ4n) is 4.75. The lowest BCUT2D eigenvalue weighted by molar-refractivity contribution is -0.140. The molecule has 1 atom stereocenters. The largest absolute Gasteiger partial charge is 0.497 e. The van der Waals surface area contributed by atoms with Gasteiger partial charge in [-0.2, -0.15) is 0 Å². The lowest BCUT2D eigenvalue weighted by Crippen LogP contribution is -2.52. The summed E-state index contributed by atoms with van der Waals surface area (Å²) < 4.78 is 34.8. The van der Waals surface area contributed by atoms with Crippen LogP contribution in [-0.4, -0.2) is 51.4 Å². The van der Waals surface area contributed by atoms with Gasteiger partial charge < -0.3 is 15.0 Å². The highest BCUT2D eigenvalue weighted by molar-refractivity contribution is 7.92. The summed E-state index contributed by atoms with van der Waals surface area (Å²) in [6, 6.07) is 18.5. The highest BCUT2D eigenvalue weighted by atomic mass is 32.2. The van der Waals surface area contributed by atoms with Gasteiger partial charge in [0.05, 0.1) is 17.7 Å². The summed E-state index contributed by atoms with van der Waals surface area (Å²) >= 11 is 0. The molecule has 0 bridgehead atoms. The summed E-state index contributed by atoms with van der Waals surface area (Å²) in [6.07, 6.45) is 2.11. The Kier molecular flexibility index (Phi) is 11.6. The highest BCUT2D eigenvalue weighted by Gasteiger charge is 2.34. The van der Waals surface area contributed by atoms with Crippen molar-refractivity contribution in [1.29, 1.82) is 0 Å². The molecular formula is C33H43N3O5S. The first-order valence-electron chi connectivity index (χ1n) is 14.4. The zero-order chi connectivity index (χ0) is 30.9. The van der Waals surface area contributed by atoms with E-state index in [1.807, 2.05) is 58.9 Å². The van der Waals surface area contributed by atoms with Crippen molar-refractivity contribution in [3.05, 3.63) is 89.0 Å². The Morgan fingerprint density at radius 1 is 0.952 bits per heavy atom. The number of sulfonamides is 1. The first-order chi connectivity index (χ1) is 20.0. The van der Waals surface area contributed by atoms with E-state index >= 15 is 0 Å². The monoisotopic (exact) mass is 593 g/mol. The van der Waals surface area contributed by atoms with E-state index in [-0.39, 0.29) is 17.3 Å². The lowest BCUT2D eigenvalue weighted by atomic mass is 10.1. The summed E-state index contributed by atoms with van der Waals surface area (Å²) in [5.41, 5.74) is 3.77. The van der Waals surface area contributed by atoms with E-state index in [9.17, 15) is 18.0 Å². The average molecular weight is 594 g/mol. The van der Waals surface area contributed by atoms with Crippen LogP contribution in [0.1, 0.15) is 55.4 Å². The van der Waals surface area contributed by atoms with Crippen molar-refractivity contribution < 1.29 is 22.7 Å². The Labute approximate surface area is 250 Å². The average Bonchev–Trinajstić information content (AvgIpc) is 2.97. The first kappa shape index (κ1) is 32.7. The van der Waals surface area contributed by atoms with Crippen LogP contribution in [0, 0.1) is 20.8 Å². The van der Waals surface area contributed by atoms with E-state index in [1.54, 1.807) is 49.6 Å². The number of nitrogens with one attached hydrogen (secondary N) is 1. The molecule has 9 heteroatoms. The third kappa shape index (κ3) is 7.91. The molecule has 2 amide bonds. The Bertz CT molecular complexity index is 1470. The van der Waals surface area contributed by atoms with Crippen LogP contribution in [0.4, 0.5) is 5.69 Å². The molecule has 3 aromatic rings. The van der Waals surface area contributed by atoms with Gasteiger partial charge in [-0.1, -0.05) is 62.2 Å². The molecule has 1 N–H and O–H groups in total. The molecule has 0 aliphatic rings. The molecule has 0 radical (unpaired) electrons. The molecular weight excluding hydrogens is 550 g/mol. The van der Waals surface area contributed by atoms with Crippen molar-refractivity contribution >= 4 is 27.5 Å². The van der Waals surface area contributed by atoms with Crippen molar-refractivity contribution in [2.24, 2.45) is 0 Å².